The van der Waals surface area contributed by atoms with Crippen LogP contribution in [0.3, 0.4) is 0 Å². The quantitative estimate of drug-likeness (QED) is 0.588. The lowest BCUT2D eigenvalue weighted by Gasteiger charge is -2.17. The van der Waals surface area contributed by atoms with Crippen LogP contribution >= 0.6 is 34.5 Å². The number of rotatable bonds is 8. The molecule has 3 aromatic rings. The van der Waals surface area contributed by atoms with Gasteiger partial charge in [-0.2, -0.15) is 0 Å². The fourth-order valence-corrected chi connectivity index (χ4v) is 3.55. The van der Waals surface area contributed by atoms with Crippen molar-refractivity contribution in [2.75, 3.05) is 0 Å². The summed E-state index contributed by atoms with van der Waals surface area (Å²) in [6, 6.07) is 8.93. The molecule has 1 aromatic carbocycles. The molecule has 0 aliphatic carbocycles. The van der Waals surface area contributed by atoms with Gasteiger partial charge in [-0.3, -0.25) is 4.79 Å². The maximum Gasteiger partial charge on any atom is 0.261 e. The number of nitrogens with one attached hydrogen (secondary N) is 1. The molecule has 3 rings (SSSR count). The standard InChI is InChI=1S/C18H18Cl2N4O2S/c1-2-16(26-17-6-5-12(19)8-15(17)20)18(25)21-9-13-10-24(23-22-13)11-14-4-3-7-27-14/h3-8,10,16H,2,9,11H2,1H3,(H,21,25). The van der Waals surface area contributed by atoms with Crippen LogP contribution in [0.15, 0.2) is 41.9 Å². The number of amides is 1. The fraction of sp³-hybridized carbons (Fsp3) is 0.278. The van der Waals surface area contributed by atoms with Crippen molar-refractivity contribution in [1.29, 1.82) is 0 Å². The summed E-state index contributed by atoms with van der Waals surface area (Å²) in [5, 5.41) is 13.9. The van der Waals surface area contributed by atoms with Crippen LogP contribution in [0.1, 0.15) is 23.9 Å². The van der Waals surface area contributed by atoms with Crippen molar-refractivity contribution in [2.24, 2.45) is 0 Å². The van der Waals surface area contributed by atoms with Gasteiger partial charge in [0.25, 0.3) is 5.91 Å². The number of thiophene rings is 1. The van der Waals surface area contributed by atoms with Crippen molar-refractivity contribution in [1.82, 2.24) is 20.3 Å². The second kappa shape index (κ2) is 9.21. The van der Waals surface area contributed by atoms with Crippen molar-refractivity contribution >= 4 is 40.4 Å². The molecule has 0 fully saturated rings. The van der Waals surface area contributed by atoms with Crippen LogP contribution in [0.2, 0.25) is 10.0 Å². The Labute approximate surface area is 171 Å². The van der Waals surface area contributed by atoms with Gasteiger partial charge in [-0.15, -0.1) is 16.4 Å². The number of aromatic nitrogens is 3. The molecule has 142 valence electrons. The van der Waals surface area contributed by atoms with E-state index in [-0.39, 0.29) is 12.5 Å². The van der Waals surface area contributed by atoms with E-state index in [1.54, 1.807) is 34.2 Å². The molecule has 2 aromatic heterocycles. The Balaban J connectivity index is 1.55. The molecule has 0 radical (unpaired) electrons. The maximum absolute atomic E-state index is 12.4. The number of carbonyl (C=O) groups excluding carboxylic acids is 1. The molecule has 9 heteroatoms. The van der Waals surface area contributed by atoms with Gasteiger partial charge in [-0.05, 0) is 36.1 Å². The minimum Gasteiger partial charge on any atom is -0.479 e. The van der Waals surface area contributed by atoms with Crippen LogP contribution < -0.4 is 10.1 Å². The third-order valence-electron chi connectivity index (χ3n) is 3.75. The van der Waals surface area contributed by atoms with Crippen LogP contribution in [0.4, 0.5) is 0 Å². The molecular formula is C18H18Cl2N4O2S. The summed E-state index contributed by atoms with van der Waals surface area (Å²) in [4.78, 5) is 13.6. The van der Waals surface area contributed by atoms with Crippen LogP contribution in [-0.2, 0) is 17.9 Å². The summed E-state index contributed by atoms with van der Waals surface area (Å²) in [7, 11) is 0. The molecule has 1 N–H and O–H groups in total. The summed E-state index contributed by atoms with van der Waals surface area (Å²) >= 11 is 13.6. The third kappa shape index (κ3) is 5.45. The molecule has 0 saturated carbocycles. The zero-order chi connectivity index (χ0) is 19.2. The van der Waals surface area contributed by atoms with Gasteiger partial charge >= 0.3 is 0 Å². The van der Waals surface area contributed by atoms with E-state index in [4.69, 9.17) is 27.9 Å². The first-order chi connectivity index (χ1) is 13.0. The summed E-state index contributed by atoms with van der Waals surface area (Å²) in [5.74, 6) is 0.182. The van der Waals surface area contributed by atoms with E-state index in [9.17, 15) is 4.79 Å². The first-order valence-electron chi connectivity index (χ1n) is 8.36. The minimum absolute atomic E-state index is 0.240. The maximum atomic E-state index is 12.4. The van der Waals surface area contributed by atoms with Gasteiger partial charge in [0.05, 0.1) is 24.3 Å². The number of hydrogen-bond donors (Lipinski definition) is 1. The van der Waals surface area contributed by atoms with E-state index < -0.39 is 6.10 Å². The highest BCUT2D eigenvalue weighted by Crippen LogP contribution is 2.28. The molecule has 1 amide bonds. The number of benzene rings is 1. The Bertz CT molecular complexity index is 899. The topological polar surface area (TPSA) is 69.0 Å². The van der Waals surface area contributed by atoms with Crippen LogP contribution in [0.25, 0.3) is 0 Å². The van der Waals surface area contributed by atoms with Crippen molar-refractivity contribution in [3.8, 4) is 5.75 Å². The SMILES string of the molecule is CCC(Oc1ccc(Cl)cc1Cl)C(=O)NCc1cn(Cc2cccs2)nn1. The zero-order valence-electron chi connectivity index (χ0n) is 14.6. The fourth-order valence-electron chi connectivity index (χ4n) is 2.40. The van der Waals surface area contributed by atoms with E-state index in [1.165, 1.54) is 4.88 Å². The average Bonchev–Trinajstić information content (AvgIpc) is 3.31. The molecule has 6 nitrogen and oxygen atoms in total. The average molecular weight is 425 g/mol. The number of carbonyl (C=O) groups is 1. The smallest absolute Gasteiger partial charge is 0.261 e. The van der Waals surface area contributed by atoms with E-state index in [0.717, 1.165) is 0 Å². The lowest BCUT2D eigenvalue weighted by molar-refractivity contribution is -0.128. The second-order valence-electron chi connectivity index (χ2n) is 5.79. The Morgan fingerprint density at radius 1 is 1.37 bits per heavy atom. The first-order valence-corrected chi connectivity index (χ1v) is 9.99. The van der Waals surface area contributed by atoms with Crippen molar-refractivity contribution in [3.05, 3.63) is 62.5 Å². The second-order valence-corrected chi connectivity index (χ2v) is 7.67. The van der Waals surface area contributed by atoms with Gasteiger partial charge in [0.2, 0.25) is 0 Å². The lowest BCUT2D eigenvalue weighted by Crippen LogP contribution is -2.37. The van der Waals surface area contributed by atoms with E-state index in [0.29, 0.717) is 34.5 Å². The van der Waals surface area contributed by atoms with Gasteiger partial charge < -0.3 is 10.1 Å². The van der Waals surface area contributed by atoms with Gasteiger partial charge in [0.15, 0.2) is 6.10 Å². The highest BCUT2D eigenvalue weighted by molar-refractivity contribution is 7.09. The van der Waals surface area contributed by atoms with Gasteiger partial charge in [0.1, 0.15) is 11.4 Å². The minimum atomic E-state index is -0.662. The molecule has 0 aliphatic rings. The normalized spacial score (nSPS) is 12.0. The highest BCUT2D eigenvalue weighted by atomic mass is 35.5. The Morgan fingerprint density at radius 3 is 2.93 bits per heavy atom. The van der Waals surface area contributed by atoms with Gasteiger partial charge in [0, 0.05) is 9.90 Å². The van der Waals surface area contributed by atoms with Crippen LogP contribution in [0.5, 0.6) is 5.75 Å². The summed E-state index contributed by atoms with van der Waals surface area (Å²) in [6.07, 6.45) is 1.65. The number of hydrogen-bond acceptors (Lipinski definition) is 5. The molecule has 1 atom stereocenters. The predicted octanol–water partition coefficient (Wildman–Crippen LogP) is 4.17. The Kier molecular flexibility index (Phi) is 6.71. The molecule has 0 aliphatic heterocycles. The summed E-state index contributed by atoms with van der Waals surface area (Å²) < 4.78 is 7.48. The number of halogens is 2. The van der Waals surface area contributed by atoms with Crippen LogP contribution in [0, 0.1) is 0 Å². The molecule has 27 heavy (non-hydrogen) atoms. The predicted molar refractivity (Wildman–Crippen MR) is 106 cm³/mol. The van der Waals surface area contributed by atoms with Gasteiger partial charge in [-0.25, -0.2) is 4.68 Å². The monoisotopic (exact) mass is 424 g/mol. The lowest BCUT2D eigenvalue weighted by atomic mass is 10.2. The third-order valence-corrected chi connectivity index (χ3v) is 5.15. The number of ether oxygens (including phenoxy) is 1. The van der Waals surface area contributed by atoms with E-state index in [1.807, 2.05) is 30.6 Å². The van der Waals surface area contributed by atoms with Crippen molar-refractivity contribution < 1.29 is 9.53 Å². The molecule has 1 unspecified atom stereocenters. The first kappa shape index (κ1) is 19.7. The summed E-state index contributed by atoms with van der Waals surface area (Å²) in [5.41, 5.74) is 0.680. The van der Waals surface area contributed by atoms with E-state index in [2.05, 4.69) is 15.6 Å². The van der Waals surface area contributed by atoms with Crippen molar-refractivity contribution in [3.63, 3.8) is 0 Å². The zero-order valence-corrected chi connectivity index (χ0v) is 16.9. The van der Waals surface area contributed by atoms with E-state index >= 15 is 0 Å². The van der Waals surface area contributed by atoms with Crippen LogP contribution in [-0.4, -0.2) is 27.0 Å². The molecular weight excluding hydrogens is 407 g/mol. The Hall–Kier alpha value is -2.09. The molecule has 2 heterocycles. The molecule has 0 saturated heterocycles. The van der Waals surface area contributed by atoms with Gasteiger partial charge in [-0.1, -0.05) is 41.4 Å². The van der Waals surface area contributed by atoms with Crippen molar-refractivity contribution in [2.45, 2.75) is 32.5 Å². The largest absolute Gasteiger partial charge is 0.479 e. The number of nitrogens with zero attached hydrogens (tertiary/aromatic N) is 3. The highest BCUT2D eigenvalue weighted by Gasteiger charge is 2.20. The molecule has 0 bridgehead atoms. The summed E-state index contributed by atoms with van der Waals surface area (Å²) in [6.45, 7) is 2.80. The Morgan fingerprint density at radius 2 is 2.22 bits per heavy atom. The molecule has 0 spiro atoms.